The Morgan fingerprint density at radius 2 is 1.97 bits per heavy atom. The van der Waals surface area contributed by atoms with Gasteiger partial charge in [0, 0.05) is 31.3 Å². The molecule has 0 atom stereocenters. The lowest BCUT2D eigenvalue weighted by Crippen LogP contribution is -2.29. The minimum Gasteiger partial charge on any atom is -0.375 e. The van der Waals surface area contributed by atoms with Crippen molar-refractivity contribution in [2.24, 2.45) is 4.99 Å². The number of aryl methyl sites for hydroxylation is 2. The molecule has 2 aromatic heterocycles. The molecule has 3 aromatic rings. The van der Waals surface area contributed by atoms with Crippen molar-refractivity contribution in [1.29, 1.82) is 0 Å². The first-order valence-electron chi connectivity index (χ1n) is 10.6. The molecule has 0 saturated carbocycles. The van der Waals surface area contributed by atoms with E-state index in [1.807, 2.05) is 22.9 Å². The van der Waals surface area contributed by atoms with Gasteiger partial charge in [-0.25, -0.2) is 4.98 Å². The maximum Gasteiger partial charge on any atom is 0.298 e. The van der Waals surface area contributed by atoms with E-state index in [1.54, 1.807) is 12.1 Å². The highest BCUT2D eigenvalue weighted by molar-refractivity contribution is 7.07. The van der Waals surface area contributed by atoms with Gasteiger partial charge in [-0.1, -0.05) is 37.3 Å². The summed E-state index contributed by atoms with van der Waals surface area (Å²) in [5.74, 6) is -0.519. The van der Waals surface area contributed by atoms with E-state index in [0.29, 0.717) is 30.0 Å². The number of thiazole rings is 1. The summed E-state index contributed by atoms with van der Waals surface area (Å²) in [4.78, 5) is 33.6. The van der Waals surface area contributed by atoms with E-state index < -0.39 is 0 Å². The minimum absolute atomic E-state index is 0.0409. The van der Waals surface area contributed by atoms with Gasteiger partial charge in [-0.3, -0.25) is 9.59 Å². The van der Waals surface area contributed by atoms with E-state index >= 15 is 0 Å². The number of hydrogen-bond donors (Lipinski definition) is 1. The van der Waals surface area contributed by atoms with Crippen molar-refractivity contribution in [3.8, 4) is 11.3 Å². The van der Waals surface area contributed by atoms with Crippen LogP contribution in [0, 0.1) is 6.92 Å². The van der Waals surface area contributed by atoms with Gasteiger partial charge in [-0.15, -0.1) is 11.3 Å². The fourth-order valence-electron chi connectivity index (χ4n) is 3.23. The van der Waals surface area contributed by atoms with Crippen LogP contribution >= 0.6 is 11.3 Å². The minimum atomic E-state index is -0.370. The first kappa shape index (κ1) is 23.6. The Kier molecular flexibility index (Phi) is 8.47. The van der Waals surface area contributed by atoms with Gasteiger partial charge < -0.3 is 14.6 Å². The molecule has 0 fully saturated rings. The smallest absolute Gasteiger partial charge is 0.298 e. The molecule has 1 N–H and O–H groups in total. The Labute approximate surface area is 191 Å². The Morgan fingerprint density at radius 3 is 2.66 bits per heavy atom. The SMILES string of the molecule is CCc1ccc(-c2csc(=NC(=O)c3cccc(C)n3)n2CCCNC(=O)COC)cc1. The topological polar surface area (TPSA) is 85.6 Å². The number of carbonyl (C=O) groups excluding carboxylic acids is 2. The van der Waals surface area contributed by atoms with Gasteiger partial charge in [0.1, 0.15) is 12.3 Å². The zero-order valence-corrected chi connectivity index (χ0v) is 19.4. The van der Waals surface area contributed by atoms with Crippen LogP contribution in [0.4, 0.5) is 0 Å². The second kappa shape index (κ2) is 11.5. The van der Waals surface area contributed by atoms with Crippen molar-refractivity contribution in [2.75, 3.05) is 20.3 Å². The molecule has 2 amide bonds. The van der Waals surface area contributed by atoms with Crippen LogP contribution in [0.2, 0.25) is 0 Å². The number of pyridine rings is 1. The predicted octanol–water partition coefficient (Wildman–Crippen LogP) is 3.38. The molecule has 0 spiro atoms. The molecule has 0 aliphatic heterocycles. The molecule has 3 rings (SSSR count). The number of ether oxygens (including phenoxy) is 1. The first-order valence-corrected chi connectivity index (χ1v) is 11.5. The molecule has 0 radical (unpaired) electrons. The van der Waals surface area contributed by atoms with Crippen LogP contribution in [0.25, 0.3) is 11.3 Å². The Morgan fingerprint density at radius 1 is 1.19 bits per heavy atom. The number of aromatic nitrogens is 2. The summed E-state index contributed by atoms with van der Waals surface area (Å²) >= 11 is 1.42. The highest BCUT2D eigenvalue weighted by Gasteiger charge is 2.12. The summed E-state index contributed by atoms with van der Waals surface area (Å²) < 4.78 is 6.87. The molecule has 0 saturated heterocycles. The summed E-state index contributed by atoms with van der Waals surface area (Å²) in [6.07, 6.45) is 1.67. The Hall–Kier alpha value is -3.10. The molecular weight excluding hydrogens is 424 g/mol. The third kappa shape index (κ3) is 6.21. The number of methoxy groups -OCH3 is 1. The van der Waals surface area contributed by atoms with E-state index in [4.69, 9.17) is 4.74 Å². The van der Waals surface area contributed by atoms with Crippen molar-refractivity contribution in [3.63, 3.8) is 0 Å². The zero-order valence-electron chi connectivity index (χ0n) is 18.6. The van der Waals surface area contributed by atoms with Crippen molar-refractivity contribution in [1.82, 2.24) is 14.9 Å². The van der Waals surface area contributed by atoms with Crippen LogP contribution in [-0.4, -0.2) is 41.6 Å². The van der Waals surface area contributed by atoms with E-state index in [1.165, 1.54) is 24.0 Å². The molecule has 0 aliphatic rings. The number of nitrogens with one attached hydrogen (secondary N) is 1. The van der Waals surface area contributed by atoms with Crippen molar-refractivity contribution >= 4 is 23.2 Å². The van der Waals surface area contributed by atoms with Crippen LogP contribution in [0.1, 0.15) is 35.1 Å². The van der Waals surface area contributed by atoms with Crippen LogP contribution in [0.5, 0.6) is 0 Å². The third-order valence-corrected chi connectivity index (χ3v) is 5.78. The number of nitrogens with zero attached hydrogens (tertiary/aromatic N) is 3. The van der Waals surface area contributed by atoms with Crippen molar-refractivity contribution in [3.05, 3.63) is 69.6 Å². The summed E-state index contributed by atoms with van der Waals surface area (Å²) in [6.45, 7) is 5.12. The van der Waals surface area contributed by atoms with Crippen LogP contribution in [0.3, 0.4) is 0 Å². The first-order chi connectivity index (χ1) is 15.5. The molecule has 7 nitrogen and oxygen atoms in total. The lowest BCUT2D eigenvalue weighted by atomic mass is 10.1. The van der Waals surface area contributed by atoms with Gasteiger partial charge in [0.15, 0.2) is 4.80 Å². The van der Waals surface area contributed by atoms with Gasteiger partial charge in [0.25, 0.3) is 5.91 Å². The summed E-state index contributed by atoms with van der Waals surface area (Å²) in [7, 11) is 1.49. The van der Waals surface area contributed by atoms with Crippen LogP contribution < -0.4 is 10.1 Å². The van der Waals surface area contributed by atoms with E-state index in [2.05, 4.69) is 46.5 Å². The Bertz CT molecular complexity index is 1130. The predicted molar refractivity (Wildman–Crippen MR) is 125 cm³/mol. The summed E-state index contributed by atoms with van der Waals surface area (Å²) in [6, 6.07) is 13.7. The zero-order chi connectivity index (χ0) is 22.9. The molecule has 168 valence electrons. The van der Waals surface area contributed by atoms with E-state index in [0.717, 1.165) is 23.4 Å². The monoisotopic (exact) mass is 452 g/mol. The average molecular weight is 453 g/mol. The highest BCUT2D eigenvalue weighted by atomic mass is 32.1. The number of hydrogen-bond acceptors (Lipinski definition) is 5. The van der Waals surface area contributed by atoms with Crippen LogP contribution in [0.15, 0.2) is 52.8 Å². The largest absolute Gasteiger partial charge is 0.375 e. The normalized spacial score (nSPS) is 11.5. The summed E-state index contributed by atoms with van der Waals surface area (Å²) in [5.41, 5.74) is 4.41. The Balaban J connectivity index is 1.89. The maximum atomic E-state index is 12.7. The number of carbonyl (C=O) groups is 2. The molecule has 1 aromatic carbocycles. The molecule has 8 heteroatoms. The lowest BCUT2D eigenvalue weighted by molar-refractivity contribution is -0.124. The lowest BCUT2D eigenvalue weighted by Gasteiger charge is -2.10. The second-order valence-electron chi connectivity index (χ2n) is 7.32. The van der Waals surface area contributed by atoms with Gasteiger partial charge in [-0.2, -0.15) is 4.99 Å². The second-order valence-corrected chi connectivity index (χ2v) is 8.16. The van der Waals surface area contributed by atoms with Crippen molar-refractivity contribution in [2.45, 2.75) is 33.2 Å². The molecule has 0 unspecified atom stereocenters. The van der Waals surface area contributed by atoms with Crippen molar-refractivity contribution < 1.29 is 14.3 Å². The molecule has 32 heavy (non-hydrogen) atoms. The average Bonchev–Trinajstić information content (AvgIpc) is 3.19. The number of amides is 2. The van der Waals surface area contributed by atoms with Gasteiger partial charge >= 0.3 is 0 Å². The molecule has 0 aliphatic carbocycles. The van der Waals surface area contributed by atoms with Gasteiger partial charge in [0.05, 0.1) is 5.69 Å². The number of rotatable bonds is 9. The maximum absolute atomic E-state index is 12.7. The van der Waals surface area contributed by atoms with E-state index in [-0.39, 0.29) is 18.4 Å². The van der Waals surface area contributed by atoms with E-state index in [9.17, 15) is 9.59 Å². The van der Waals surface area contributed by atoms with Crippen LogP contribution in [-0.2, 0) is 22.5 Å². The standard InChI is InChI=1S/C24H28N4O3S/c1-4-18-9-11-19(12-10-18)21-16-32-24(27-23(30)20-8-5-7-17(2)26-20)28(21)14-6-13-25-22(29)15-31-3/h5,7-12,16H,4,6,13-15H2,1-3H3,(H,25,29). The molecule has 0 bridgehead atoms. The summed E-state index contributed by atoms with van der Waals surface area (Å²) in [5, 5.41) is 4.85. The quantitative estimate of drug-likeness (QED) is 0.505. The third-order valence-electron chi connectivity index (χ3n) is 4.92. The fraction of sp³-hybridized carbons (Fsp3) is 0.333. The highest BCUT2D eigenvalue weighted by Crippen LogP contribution is 2.21. The molecular formula is C24H28N4O3S. The number of benzene rings is 1. The van der Waals surface area contributed by atoms with Gasteiger partial charge in [0.2, 0.25) is 5.91 Å². The molecule has 2 heterocycles. The van der Waals surface area contributed by atoms with Gasteiger partial charge in [-0.05, 0) is 43.0 Å². The fourth-order valence-corrected chi connectivity index (χ4v) is 4.16.